The van der Waals surface area contributed by atoms with Crippen LogP contribution in [0.5, 0.6) is 11.5 Å². The predicted octanol–water partition coefficient (Wildman–Crippen LogP) is 4.28. The highest BCUT2D eigenvalue weighted by molar-refractivity contribution is 6.29. The lowest BCUT2D eigenvalue weighted by Gasteiger charge is -2.13. The van der Waals surface area contributed by atoms with Gasteiger partial charge in [0.25, 0.3) is 0 Å². The Balaban J connectivity index is 0.00000242. The minimum atomic E-state index is 0. The molecule has 1 heterocycles. The van der Waals surface area contributed by atoms with Crippen molar-refractivity contribution >= 4 is 36.4 Å². The van der Waals surface area contributed by atoms with Crippen molar-refractivity contribution in [1.29, 1.82) is 0 Å². The molecule has 0 radical (unpaired) electrons. The molecular formula is C16H21Cl3N2O2. The molecule has 0 saturated heterocycles. The Morgan fingerprint density at radius 3 is 2.39 bits per heavy atom. The number of hydrogen-bond acceptors (Lipinski definition) is 4. The summed E-state index contributed by atoms with van der Waals surface area (Å²) in [5.41, 5.74) is 2.11. The molecule has 1 N–H and O–H groups in total. The van der Waals surface area contributed by atoms with E-state index in [-0.39, 0.29) is 24.8 Å². The fourth-order valence-electron chi connectivity index (χ4n) is 1.91. The zero-order valence-corrected chi connectivity index (χ0v) is 15.4. The van der Waals surface area contributed by atoms with Crippen LogP contribution in [0.1, 0.15) is 18.1 Å². The van der Waals surface area contributed by atoms with Crippen LogP contribution in [-0.4, -0.2) is 18.6 Å². The van der Waals surface area contributed by atoms with E-state index >= 15 is 0 Å². The van der Waals surface area contributed by atoms with Gasteiger partial charge in [0.05, 0.1) is 6.61 Å². The summed E-state index contributed by atoms with van der Waals surface area (Å²) < 4.78 is 11.5. The summed E-state index contributed by atoms with van der Waals surface area (Å²) >= 11 is 5.76. The largest absolute Gasteiger partial charge is 0.490 e. The zero-order valence-electron chi connectivity index (χ0n) is 13.0. The van der Waals surface area contributed by atoms with Crippen molar-refractivity contribution in [2.24, 2.45) is 0 Å². The SMILES string of the molecule is CCOc1cc(CNC)ccc1OCc1ccc(Cl)nc1.Cl.Cl. The Morgan fingerprint density at radius 1 is 1.04 bits per heavy atom. The molecule has 2 aromatic rings. The maximum atomic E-state index is 5.82. The first kappa shape index (κ1) is 21.8. The van der Waals surface area contributed by atoms with Gasteiger partial charge in [0, 0.05) is 18.3 Å². The summed E-state index contributed by atoms with van der Waals surface area (Å²) in [7, 11) is 1.91. The number of hydrogen-bond donors (Lipinski definition) is 1. The Bertz CT molecular complexity index is 580. The molecule has 0 aliphatic carbocycles. The number of rotatable bonds is 7. The molecule has 0 bridgehead atoms. The van der Waals surface area contributed by atoms with Gasteiger partial charge in [-0.15, -0.1) is 24.8 Å². The molecule has 2 rings (SSSR count). The van der Waals surface area contributed by atoms with E-state index in [2.05, 4.69) is 10.3 Å². The predicted molar refractivity (Wildman–Crippen MR) is 98.4 cm³/mol. The van der Waals surface area contributed by atoms with Crippen LogP contribution >= 0.6 is 36.4 Å². The highest BCUT2D eigenvalue weighted by atomic mass is 35.5. The molecule has 0 fully saturated rings. The number of nitrogens with zero attached hydrogens (tertiary/aromatic N) is 1. The van der Waals surface area contributed by atoms with Gasteiger partial charge < -0.3 is 14.8 Å². The van der Waals surface area contributed by atoms with Gasteiger partial charge in [0.2, 0.25) is 0 Å². The molecule has 1 aromatic heterocycles. The first-order valence-electron chi connectivity index (χ1n) is 6.86. The summed E-state index contributed by atoms with van der Waals surface area (Å²) in [6.45, 7) is 3.77. The Kier molecular flexibility index (Phi) is 10.8. The van der Waals surface area contributed by atoms with Gasteiger partial charge in [-0.3, -0.25) is 0 Å². The van der Waals surface area contributed by atoms with E-state index in [1.54, 1.807) is 12.3 Å². The van der Waals surface area contributed by atoms with Gasteiger partial charge in [-0.05, 0) is 37.7 Å². The van der Waals surface area contributed by atoms with Crippen LogP contribution in [0.3, 0.4) is 0 Å². The Morgan fingerprint density at radius 2 is 1.78 bits per heavy atom. The van der Waals surface area contributed by atoms with E-state index < -0.39 is 0 Å². The summed E-state index contributed by atoms with van der Waals surface area (Å²) in [5, 5.41) is 3.60. The van der Waals surface area contributed by atoms with Crippen molar-refractivity contribution < 1.29 is 9.47 Å². The van der Waals surface area contributed by atoms with Gasteiger partial charge in [0.1, 0.15) is 11.8 Å². The molecule has 23 heavy (non-hydrogen) atoms. The summed E-state index contributed by atoms with van der Waals surface area (Å²) in [4.78, 5) is 4.03. The number of nitrogens with one attached hydrogen (secondary N) is 1. The molecule has 128 valence electrons. The summed E-state index contributed by atoms with van der Waals surface area (Å²) in [6, 6.07) is 9.59. The molecule has 0 aliphatic rings. The molecule has 1 aromatic carbocycles. The summed E-state index contributed by atoms with van der Waals surface area (Å²) in [6.07, 6.45) is 1.71. The lowest BCUT2D eigenvalue weighted by molar-refractivity contribution is 0.269. The van der Waals surface area contributed by atoms with E-state index in [1.165, 1.54) is 0 Å². The minimum absolute atomic E-state index is 0. The number of pyridine rings is 1. The van der Waals surface area contributed by atoms with E-state index in [0.717, 1.165) is 29.2 Å². The molecule has 0 amide bonds. The van der Waals surface area contributed by atoms with Gasteiger partial charge in [-0.1, -0.05) is 23.7 Å². The second kappa shape index (κ2) is 11.4. The van der Waals surface area contributed by atoms with Crippen LogP contribution < -0.4 is 14.8 Å². The lowest BCUT2D eigenvalue weighted by Crippen LogP contribution is -2.06. The highest BCUT2D eigenvalue weighted by Gasteiger charge is 2.07. The molecule has 0 spiro atoms. The van der Waals surface area contributed by atoms with Crippen molar-refractivity contribution in [1.82, 2.24) is 10.3 Å². The second-order valence-electron chi connectivity index (χ2n) is 4.52. The third-order valence-electron chi connectivity index (χ3n) is 2.87. The van der Waals surface area contributed by atoms with Crippen LogP contribution in [0.2, 0.25) is 5.15 Å². The number of ether oxygens (including phenoxy) is 2. The topological polar surface area (TPSA) is 43.4 Å². The molecule has 7 heteroatoms. The van der Waals surface area contributed by atoms with Gasteiger partial charge in [-0.2, -0.15) is 0 Å². The fraction of sp³-hybridized carbons (Fsp3) is 0.312. The maximum absolute atomic E-state index is 5.82. The third-order valence-corrected chi connectivity index (χ3v) is 3.10. The van der Waals surface area contributed by atoms with E-state index in [0.29, 0.717) is 18.4 Å². The quantitative estimate of drug-likeness (QED) is 0.729. The van der Waals surface area contributed by atoms with Crippen molar-refractivity contribution in [2.45, 2.75) is 20.1 Å². The van der Waals surface area contributed by atoms with E-state index in [1.807, 2.05) is 38.2 Å². The third kappa shape index (κ3) is 6.83. The molecule has 0 saturated carbocycles. The first-order chi connectivity index (χ1) is 10.2. The molecule has 0 aliphatic heterocycles. The van der Waals surface area contributed by atoms with Crippen LogP contribution in [0.4, 0.5) is 0 Å². The number of benzene rings is 1. The highest BCUT2D eigenvalue weighted by Crippen LogP contribution is 2.29. The minimum Gasteiger partial charge on any atom is -0.490 e. The van der Waals surface area contributed by atoms with Crippen molar-refractivity contribution in [3.8, 4) is 11.5 Å². The van der Waals surface area contributed by atoms with E-state index in [4.69, 9.17) is 21.1 Å². The number of halogens is 3. The summed E-state index contributed by atoms with van der Waals surface area (Å²) in [5.74, 6) is 1.49. The monoisotopic (exact) mass is 378 g/mol. The smallest absolute Gasteiger partial charge is 0.161 e. The van der Waals surface area contributed by atoms with Crippen LogP contribution in [0.25, 0.3) is 0 Å². The lowest BCUT2D eigenvalue weighted by atomic mass is 10.2. The number of aromatic nitrogens is 1. The van der Waals surface area contributed by atoms with Crippen LogP contribution in [0.15, 0.2) is 36.5 Å². The zero-order chi connectivity index (χ0) is 15.1. The standard InChI is InChI=1S/C16H19ClN2O2.2ClH/c1-3-20-15-8-12(9-18-2)4-6-14(15)21-11-13-5-7-16(17)19-10-13;;/h4-8,10,18H,3,9,11H2,1-2H3;2*1H. The Labute approximate surface area is 154 Å². The van der Waals surface area contributed by atoms with Crippen LogP contribution in [0, 0.1) is 0 Å². The van der Waals surface area contributed by atoms with E-state index in [9.17, 15) is 0 Å². The van der Waals surface area contributed by atoms with Gasteiger partial charge >= 0.3 is 0 Å². The maximum Gasteiger partial charge on any atom is 0.161 e. The van der Waals surface area contributed by atoms with Crippen molar-refractivity contribution in [2.75, 3.05) is 13.7 Å². The fourth-order valence-corrected chi connectivity index (χ4v) is 2.02. The average Bonchev–Trinajstić information content (AvgIpc) is 2.49. The van der Waals surface area contributed by atoms with Crippen molar-refractivity contribution in [3.63, 3.8) is 0 Å². The van der Waals surface area contributed by atoms with Crippen molar-refractivity contribution in [3.05, 3.63) is 52.8 Å². The normalized spacial score (nSPS) is 9.52. The average molecular weight is 380 g/mol. The van der Waals surface area contributed by atoms with Gasteiger partial charge in [-0.25, -0.2) is 4.98 Å². The molecule has 4 nitrogen and oxygen atoms in total. The van der Waals surface area contributed by atoms with Gasteiger partial charge in [0.15, 0.2) is 11.5 Å². The molecular weight excluding hydrogens is 359 g/mol. The molecule has 0 atom stereocenters. The first-order valence-corrected chi connectivity index (χ1v) is 7.24. The van der Waals surface area contributed by atoms with Crippen LogP contribution in [-0.2, 0) is 13.2 Å². The molecule has 0 unspecified atom stereocenters. The second-order valence-corrected chi connectivity index (χ2v) is 4.91. The Hall–Kier alpha value is -1.20.